The summed E-state index contributed by atoms with van der Waals surface area (Å²) < 4.78 is 12.7. The summed E-state index contributed by atoms with van der Waals surface area (Å²) in [6.45, 7) is 1.91. The number of halogens is 3. The fraction of sp³-hybridized carbons (Fsp3) is 0.130. The number of aromatic nitrogens is 2. The lowest BCUT2D eigenvalue weighted by molar-refractivity contribution is -0.385. The molecule has 4 rings (SSSR count). The van der Waals surface area contributed by atoms with Crippen molar-refractivity contribution in [3.05, 3.63) is 103 Å². The first kappa shape index (κ1) is 24.6. The monoisotopic (exact) mass is 534 g/mol. The highest BCUT2D eigenvalue weighted by Gasteiger charge is 2.17. The predicted octanol–water partition coefficient (Wildman–Crippen LogP) is 6.53. The van der Waals surface area contributed by atoms with Crippen molar-refractivity contribution in [3.8, 4) is 5.75 Å². The number of nitro groups is 1. The molecule has 0 fully saturated rings. The quantitative estimate of drug-likeness (QED) is 0.203. The number of hydrogen-bond acceptors (Lipinski definition) is 6. The molecule has 0 saturated heterocycles. The van der Waals surface area contributed by atoms with E-state index in [0.717, 1.165) is 0 Å². The third-order valence-electron chi connectivity index (χ3n) is 4.96. The van der Waals surface area contributed by atoms with E-state index in [1.54, 1.807) is 43.5 Å². The van der Waals surface area contributed by atoms with Gasteiger partial charge in [0.05, 0.1) is 11.5 Å². The molecule has 0 radical (unpaired) electrons. The number of carbonyl (C=O) groups is 1. The van der Waals surface area contributed by atoms with E-state index in [-0.39, 0.29) is 35.4 Å². The van der Waals surface area contributed by atoms with E-state index >= 15 is 0 Å². The van der Waals surface area contributed by atoms with Gasteiger partial charge in [-0.3, -0.25) is 19.6 Å². The van der Waals surface area contributed by atoms with Crippen LogP contribution in [0.5, 0.6) is 5.75 Å². The van der Waals surface area contributed by atoms with Crippen molar-refractivity contribution in [2.75, 3.05) is 5.32 Å². The second-order valence-corrected chi connectivity index (χ2v) is 8.66. The molecule has 2 heterocycles. The van der Waals surface area contributed by atoms with E-state index < -0.39 is 10.8 Å². The van der Waals surface area contributed by atoms with Crippen LogP contribution in [-0.2, 0) is 13.2 Å². The van der Waals surface area contributed by atoms with Crippen LogP contribution in [0, 0.1) is 17.0 Å². The van der Waals surface area contributed by atoms with E-state index in [4.69, 9.17) is 44.0 Å². The number of furan rings is 1. The Morgan fingerprint density at radius 2 is 1.89 bits per heavy atom. The average Bonchev–Trinajstić information content (AvgIpc) is 3.41. The van der Waals surface area contributed by atoms with Crippen LogP contribution in [0.1, 0.15) is 27.4 Å². The molecular weight excluding hydrogens is 519 g/mol. The molecule has 0 saturated carbocycles. The van der Waals surface area contributed by atoms with Gasteiger partial charge in [-0.25, -0.2) is 0 Å². The summed E-state index contributed by atoms with van der Waals surface area (Å²) in [7, 11) is 0. The highest BCUT2D eigenvalue weighted by Crippen LogP contribution is 2.27. The van der Waals surface area contributed by atoms with Crippen molar-refractivity contribution in [2.45, 2.75) is 20.1 Å². The molecule has 12 heteroatoms. The van der Waals surface area contributed by atoms with Crippen molar-refractivity contribution >= 4 is 52.2 Å². The van der Waals surface area contributed by atoms with Crippen LogP contribution in [0.2, 0.25) is 15.1 Å². The van der Waals surface area contributed by atoms with Gasteiger partial charge in [0.2, 0.25) is 0 Å². The smallest absolute Gasteiger partial charge is 0.292 e. The first-order chi connectivity index (χ1) is 16.7. The number of rotatable bonds is 8. The number of carbonyl (C=O) groups excluding carboxylic acids is 1. The van der Waals surface area contributed by atoms with E-state index in [1.807, 2.05) is 0 Å². The minimum Gasteiger partial charge on any atom is -0.486 e. The molecular formula is C23H17Cl3N4O5. The van der Waals surface area contributed by atoms with Gasteiger partial charge in [-0.2, -0.15) is 5.10 Å². The third kappa shape index (κ3) is 5.76. The first-order valence-electron chi connectivity index (χ1n) is 10.1. The van der Waals surface area contributed by atoms with Gasteiger partial charge in [0, 0.05) is 33.4 Å². The summed E-state index contributed by atoms with van der Waals surface area (Å²) >= 11 is 18.6. The molecule has 1 N–H and O–H groups in total. The summed E-state index contributed by atoms with van der Waals surface area (Å²) in [5.74, 6) is 0.451. The zero-order valence-electron chi connectivity index (χ0n) is 18.1. The van der Waals surface area contributed by atoms with E-state index in [2.05, 4.69) is 10.4 Å². The maximum atomic E-state index is 12.6. The topological polar surface area (TPSA) is 112 Å². The van der Waals surface area contributed by atoms with Gasteiger partial charge in [0.15, 0.2) is 11.6 Å². The maximum Gasteiger partial charge on any atom is 0.292 e. The predicted molar refractivity (Wildman–Crippen MR) is 132 cm³/mol. The molecule has 0 atom stereocenters. The first-order valence-corrected chi connectivity index (χ1v) is 11.3. The largest absolute Gasteiger partial charge is 0.486 e. The van der Waals surface area contributed by atoms with Gasteiger partial charge in [-0.05, 0) is 43.3 Å². The SMILES string of the molecule is Cc1cc(OCc2ccc(C(=O)Nc3nn(Cc4c(Cl)cccc4Cl)cc3Cl)o2)ccc1[N+](=O)[O-]. The molecule has 35 heavy (non-hydrogen) atoms. The van der Waals surface area contributed by atoms with Crippen molar-refractivity contribution < 1.29 is 18.9 Å². The third-order valence-corrected chi connectivity index (χ3v) is 5.95. The van der Waals surface area contributed by atoms with Crippen molar-refractivity contribution in [1.82, 2.24) is 9.78 Å². The summed E-state index contributed by atoms with van der Waals surface area (Å²) in [5, 5.41) is 19.0. The lowest BCUT2D eigenvalue weighted by Gasteiger charge is -2.06. The van der Waals surface area contributed by atoms with E-state index in [1.165, 1.54) is 22.9 Å². The van der Waals surface area contributed by atoms with Crippen molar-refractivity contribution in [2.24, 2.45) is 0 Å². The maximum absolute atomic E-state index is 12.6. The number of nitrogens with zero attached hydrogens (tertiary/aromatic N) is 3. The Hall–Kier alpha value is -3.53. The molecule has 0 aliphatic heterocycles. The second kappa shape index (κ2) is 10.4. The molecule has 0 spiro atoms. The molecule has 2 aromatic carbocycles. The zero-order chi connectivity index (χ0) is 25.1. The van der Waals surface area contributed by atoms with Gasteiger partial charge < -0.3 is 14.5 Å². The van der Waals surface area contributed by atoms with E-state index in [0.29, 0.717) is 32.7 Å². The summed E-state index contributed by atoms with van der Waals surface area (Å²) in [4.78, 5) is 23.1. The molecule has 0 aliphatic carbocycles. The normalized spacial score (nSPS) is 10.9. The molecule has 0 bridgehead atoms. The number of hydrogen-bond donors (Lipinski definition) is 1. The lowest BCUT2D eigenvalue weighted by atomic mass is 10.2. The Balaban J connectivity index is 1.38. The molecule has 1 amide bonds. The zero-order valence-corrected chi connectivity index (χ0v) is 20.4. The Kier molecular flexibility index (Phi) is 7.30. The van der Waals surface area contributed by atoms with Gasteiger partial charge in [0.25, 0.3) is 11.6 Å². The van der Waals surface area contributed by atoms with Crippen LogP contribution < -0.4 is 10.1 Å². The molecule has 0 unspecified atom stereocenters. The average molecular weight is 536 g/mol. The van der Waals surface area contributed by atoms with Crippen molar-refractivity contribution in [3.63, 3.8) is 0 Å². The highest BCUT2D eigenvalue weighted by molar-refractivity contribution is 6.36. The Labute approximate surface area is 214 Å². The summed E-state index contributed by atoms with van der Waals surface area (Å²) in [6, 6.07) is 12.7. The number of anilines is 1. The Bertz CT molecular complexity index is 1400. The molecule has 9 nitrogen and oxygen atoms in total. The fourth-order valence-electron chi connectivity index (χ4n) is 3.23. The van der Waals surface area contributed by atoms with Crippen LogP contribution in [0.15, 0.2) is 59.1 Å². The number of nitrogens with one attached hydrogen (secondary N) is 1. The number of benzene rings is 2. The van der Waals surface area contributed by atoms with Crippen LogP contribution >= 0.6 is 34.8 Å². The minimum atomic E-state index is -0.551. The summed E-state index contributed by atoms with van der Waals surface area (Å²) in [5.41, 5.74) is 1.15. The van der Waals surface area contributed by atoms with Gasteiger partial charge in [-0.15, -0.1) is 0 Å². The standard InChI is InChI=1S/C23H17Cl3N4O5/c1-13-9-14(5-7-20(13)30(32)33)34-12-15-6-8-21(35-15)23(31)27-22-19(26)11-29(28-22)10-16-17(24)3-2-4-18(16)25/h2-9,11H,10,12H2,1H3,(H,27,28,31). The highest BCUT2D eigenvalue weighted by atomic mass is 35.5. The number of amides is 1. The van der Waals surface area contributed by atoms with Crippen LogP contribution in [0.3, 0.4) is 0 Å². The lowest BCUT2D eigenvalue weighted by Crippen LogP contribution is -2.12. The van der Waals surface area contributed by atoms with Crippen LogP contribution in [-0.4, -0.2) is 20.6 Å². The summed E-state index contributed by atoms with van der Waals surface area (Å²) in [6.07, 6.45) is 1.55. The molecule has 2 aromatic heterocycles. The number of aryl methyl sites for hydroxylation is 1. The van der Waals surface area contributed by atoms with Gasteiger partial charge in [0.1, 0.15) is 23.1 Å². The Morgan fingerprint density at radius 1 is 1.14 bits per heavy atom. The fourth-order valence-corrected chi connectivity index (χ4v) is 3.95. The van der Waals surface area contributed by atoms with Crippen LogP contribution in [0.4, 0.5) is 11.5 Å². The van der Waals surface area contributed by atoms with Gasteiger partial charge >= 0.3 is 0 Å². The molecule has 4 aromatic rings. The minimum absolute atomic E-state index is 0.00497. The number of ether oxygens (including phenoxy) is 1. The molecule has 180 valence electrons. The van der Waals surface area contributed by atoms with E-state index in [9.17, 15) is 14.9 Å². The van der Waals surface area contributed by atoms with Crippen molar-refractivity contribution in [1.29, 1.82) is 0 Å². The van der Waals surface area contributed by atoms with Crippen LogP contribution in [0.25, 0.3) is 0 Å². The molecule has 0 aliphatic rings. The van der Waals surface area contributed by atoms with Gasteiger partial charge in [-0.1, -0.05) is 40.9 Å². The number of nitro benzene ring substituents is 1. The second-order valence-electron chi connectivity index (χ2n) is 7.44. The Morgan fingerprint density at radius 3 is 2.57 bits per heavy atom.